The van der Waals surface area contributed by atoms with Crippen molar-refractivity contribution < 1.29 is 4.79 Å². The maximum Gasteiger partial charge on any atom is 0.246 e. The van der Waals surface area contributed by atoms with E-state index in [1.165, 1.54) is 0 Å². The molecule has 2 aromatic heterocycles. The van der Waals surface area contributed by atoms with Gasteiger partial charge < -0.3 is 4.90 Å². The predicted octanol–water partition coefficient (Wildman–Crippen LogP) is 3.67. The van der Waals surface area contributed by atoms with E-state index < -0.39 is 0 Å². The van der Waals surface area contributed by atoms with Gasteiger partial charge in [0.25, 0.3) is 0 Å². The van der Waals surface area contributed by atoms with Gasteiger partial charge in [-0.2, -0.15) is 0 Å². The highest BCUT2D eigenvalue weighted by Crippen LogP contribution is 2.18. The fraction of sp³-hybridized carbons (Fsp3) is 0.167. The van der Waals surface area contributed by atoms with Crippen LogP contribution in [0.5, 0.6) is 0 Å². The zero-order valence-electron chi connectivity index (χ0n) is 13.1. The number of thiazole rings is 1. The number of hydrogen-bond acceptors (Lipinski definition) is 4. The van der Waals surface area contributed by atoms with Crippen molar-refractivity contribution in [2.24, 2.45) is 0 Å². The molecule has 5 heteroatoms. The van der Waals surface area contributed by atoms with Crippen molar-refractivity contribution in [3.63, 3.8) is 0 Å². The van der Waals surface area contributed by atoms with Crippen LogP contribution in [0.3, 0.4) is 0 Å². The molecule has 2 heterocycles. The summed E-state index contributed by atoms with van der Waals surface area (Å²) in [6.45, 7) is 2.54. The Kier molecular flexibility index (Phi) is 4.48. The lowest BCUT2D eigenvalue weighted by Gasteiger charge is -2.14. The maximum atomic E-state index is 12.3. The summed E-state index contributed by atoms with van der Waals surface area (Å²) in [4.78, 5) is 23.6. The van der Waals surface area contributed by atoms with E-state index >= 15 is 0 Å². The van der Waals surface area contributed by atoms with Crippen LogP contribution in [0.15, 0.2) is 48.1 Å². The number of aromatic nitrogens is 2. The van der Waals surface area contributed by atoms with Gasteiger partial charge in [-0.3, -0.25) is 9.78 Å². The minimum Gasteiger partial charge on any atom is -0.337 e. The van der Waals surface area contributed by atoms with Crippen LogP contribution in [0.4, 0.5) is 0 Å². The van der Waals surface area contributed by atoms with Gasteiger partial charge in [-0.25, -0.2) is 4.98 Å². The monoisotopic (exact) mass is 323 g/mol. The Hall–Kier alpha value is -2.53. The fourth-order valence-corrected chi connectivity index (χ4v) is 3.15. The highest BCUT2D eigenvalue weighted by Gasteiger charge is 2.09. The molecule has 0 bridgehead atoms. The average Bonchev–Trinajstić information content (AvgIpc) is 2.97. The van der Waals surface area contributed by atoms with Gasteiger partial charge >= 0.3 is 0 Å². The molecule has 0 saturated carbocycles. The molecule has 0 atom stereocenters. The molecule has 1 aromatic carbocycles. The normalized spacial score (nSPS) is 11.2. The number of pyridine rings is 1. The summed E-state index contributed by atoms with van der Waals surface area (Å²) in [5.41, 5.74) is 4.71. The molecule has 0 saturated heterocycles. The van der Waals surface area contributed by atoms with Crippen molar-refractivity contribution >= 4 is 34.2 Å². The fourth-order valence-electron chi connectivity index (χ4n) is 2.32. The van der Waals surface area contributed by atoms with Gasteiger partial charge in [-0.1, -0.05) is 18.2 Å². The Bertz CT molecular complexity index is 864. The molecule has 0 aliphatic rings. The van der Waals surface area contributed by atoms with E-state index in [1.54, 1.807) is 35.6 Å². The van der Waals surface area contributed by atoms with Gasteiger partial charge in [0.1, 0.15) is 0 Å². The second-order valence-electron chi connectivity index (χ2n) is 5.31. The molecule has 0 radical (unpaired) electrons. The Morgan fingerprint density at radius 2 is 2.09 bits per heavy atom. The van der Waals surface area contributed by atoms with Gasteiger partial charge in [0.05, 0.1) is 23.3 Å². The summed E-state index contributed by atoms with van der Waals surface area (Å²) in [5, 5.41) is 1.04. The molecule has 1 amide bonds. The van der Waals surface area contributed by atoms with Crippen molar-refractivity contribution in [3.8, 4) is 0 Å². The highest BCUT2D eigenvalue weighted by atomic mass is 32.1. The molecule has 116 valence electrons. The first-order valence-corrected chi connectivity index (χ1v) is 8.19. The summed E-state index contributed by atoms with van der Waals surface area (Å²) in [5.74, 6) is -0.0290. The van der Waals surface area contributed by atoms with Crippen molar-refractivity contribution in [1.29, 1.82) is 0 Å². The summed E-state index contributed by atoms with van der Waals surface area (Å²) in [6, 6.07) is 9.82. The quantitative estimate of drug-likeness (QED) is 0.688. The molecule has 0 fully saturated rings. The van der Waals surface area contributed by atoms with Crippen molar-refractivity contribution in [2.45, 2.75) is 13.5 Å². The first-order valence-electron chi connectivity index (χ1n) is 7.31. The van der Waals surface area contributed by atoms with Crippen LogP contribution in [0.2, 0.25) is 0 Å². The lowest BCUT2D eigenvalue weighted by atomic mass is 10.1. The number of likely N-dealkylation sites (N-methyl/N-ethyl adjacent to an activating group) is 1. The number of hydrogen-bond donors (Lipinski definition) is 0. The smallest absolute Gasteiger partial charge is 0.246 e. The van der Waals surface area contributed by atoms with Crippen LogP contribution < -0.4 is 0 Å². The maximum absolute atomic E-state index is 12.3. The second kappa shape index (κ2) is 6.71. The van der Waals surface area contributed by atoms with E-state index in [-0.39, 0.29) is 5.91 Å². The zero-order valence-corrected chi connectivity index (χ0v) is 13.9. The van der Waals surface area contributed by atoms with Crippen molar-refractivity contribution in [1.82, 2.24) is 14.9 Å². The van der Waals surface area contributed by atoms with Crippen LogP contribution >= 0.6 is 11.3 Å². The summed E-state index contributed by atoms with van der Waals surface area (Å²) >= 11 is 1.57. The van der Waals surface area contributed by atoms with Crippen LogP contribution in [0.25, 0.3) is 17.0 Å². The second-order valence-corrected chi connectivity index (χ2v) is 6.25. The molecule has 3 aromatic rings. The molecular weight excluding hydrogens is 306 g/mol. The SMILES string of the molecule is Cc1ncsc1CN(C)C(=O)C=Cc1ccnc2ccccc12. The third-order valence-corrected chi connectivity index (χ3v) is 4.61. The Labute approximate surface area is 139 Å². The highest BCUT2D eigenvalue weighted by molar-refractivity contribution is 7.09. The number of amides is 1. The molecule has 3 rings (SSSR count). The molecule has 0 unspecified atom stereocenters. The summed E-state index contributed by atoms with van der Waals surface area (Å²) < 4.78 is 0. The number of carbonyl (C=O) groups excluding carboxylic acids is 1. The van der Waals surface area contributed by atoms with E-state index in [0.717, 1.165) is 27.0 Å². The minimum absolute atomic E-state index is 0.0290. The molecular formula is C18H17N3OS. The Morgan fingerprint density at radius 3 is 2.87 bits per heavy atom. The number of nitrogens with zero attached hydrogens (tertiary/aromatic N) is 3. The third-order valence-electron chi connectivity index (χ3n) is 3.69. The Balaban J connectivity index is 1.76. The number of benzene rings is 1. The van der Waals surface area contributed by atoms with Crippen LogP contribution in [-0.2, 0) is 11.3 Å². The molecule has 4 nitrogen and oxygen atoms in total. The lowest BCUT2D eigenvalue weighted by molar-refractivity contribution is -0.125. The predicted molar refractivity (Wildman–Crippen MR) is 94.1 cm³/mol. The lowest BCUT2D eigenvalue weighted by Crippen LogP contribution is -2.23. The van der Waals surface area contributed by atoms with Gasteiger partial charge in [0, 0.05) is 29.6 Å². The van der Waals surface area contributed by atoms with E-state index in [4.69, 9.17) is 0 Å². The number of fused-ring (bicyclic) bond motifs is 1. The molecule has 0 aliphatic carbocycles. The number of aryl methyl sites for hydroxylation is 1. The summed E-state index contributed by atoms with van der Waals surface area (Å²) in [6.07, 6.45) is 5.22. The van der Waals surface area contributed by atoms with E-state index in [2.05, 4.69) is 9.97 Å². The third kappa shape index (κ3) is 3.46. The van der Waals surface area contributed by atoms with Gasteiger partial charge in [0.15, 0.2) is 0 Å². The van der Waals surface area contributed by atoms with Crippen LogP contribution in [0, 0.1) is 6.92 Å². The first-order chi connectivity index (χ1) is 11.1. The van der Waals surface area contributed by atoms with E-state index in [1.807, 2.05) is 48.8 Å². The zero-order chi connectivity index (χ0) is 16.2. The summed E-state index contributed by atoms with van der Waals surface area (Å²) in [7, 11) is 1.80. The molecule has 23 heavy (non-hydrogen) atoms. The Morgan fingerprint density at radius 1 is 1.26 bits per heavy atom. The minimum atomic E-state index is -0.0290. The number of rotatable bonds is 4. The molecule has 0 N–H and O–H groups in total. The number of para-hydroxylation sites is 1. The molecule has 0 aliphatic heterocycles. The number of carbonyl (C=O) groups is 1. The van der Waals surface area contributed by atoms with E-state index in [9.17, 15) is 4.79 Å². The molecule has 0 spiro atoms. The van der Waals surface area contributed by atoms with E-state index in [0.29, 0.717) is 6.54 Å². The first kappa shape index (κ1) is 15.4. The van der Waals surface area contributed by atoms with Crippen molar-refractivity contribution in [2.75, 3.05) is 7.05 Å². The van der Waals surface area contributed by atoms with Crippen LogP contribution in [0.1, 0.15) is 16.1 Å². The van der Waals surface area contributed by atoms with Crippen LogP contribution in [-0.4, -0.2) is 27.8 Å². The van der Waals surface area contributed by atoms with Crippen molar-refractivity contribution in [3.05, 3.63) is 64.2 Å². The largest absolute Gasteiger partial charge is 0.337 e. The average molecular weight is 323 g/mol. The van der Waals surface area contributed by atoms with Gasteiger partial charge in [0.2, 0.25) is 5.91 Å². The van der Waals surface area contributed by atoms with Gasteiger partial charge in [-0.15, -0.1) is 11.3 Å². The standard InChI is InChI=1S/C18H17N3OS/c1-13-17(23-12-20-13)11-21(2)18(22)8-7-14-9-10-19-16-6-4-3-5-15(14)16/h3-10,12H,11H2,1-2H3. The van der Waals surface area contributed by atoms with Gasteiger partial charge in [-0.05, 0) is 30.7 Å². The topological polar surface area (TPSA) is 46.1 Å².